The molecule has 0 aromatic rings. The summed E-state index contributed by atoms with van der Waals surface area (Å²) >= 11 is 0. The lowest BCUT2D eigenvalue weighted by Crippen LogP contribution is -3.35. The van der Waals surface area contributed by atoms with Gasteiger partial charge in [-0.25, -0.2) is 0 Å². The van der Waals surface area contributed by atoms with Crippen LogP contribution in [-0.2, 0) is 0 Å². The second-order valence-corrected chi connectivity index (χ2v) is 3.00. The summed E-state index contributed by atoms with van der Waals surface area (Å²) in [5.74, 6) is 0. The summed E-state index contributed by atoms with van der Waals surface area (Å²) < 4.78 is 0. The van der Waals surface area contributed by atoms with Crippen LogP contribution in [0.3, 0.4) is 0 Å². The second kappa shape index (κ2) is 3.88. The predicted octanol–water partition coefficient (Wildman–Crippen LogP) is -3.57. The normalized spacial score (nSPS) is 36.0. The number of rotatable bonds is 0. The van der Waals surface area contributed by atoms with Gasteiger partial charge in [-0.2, -0.15) is 0 Å². The number of hydrogen-bond acceptors (Lipinski definition) is 2. The van der Waals surface area contributed by atoms with Crippen LogP contribution in [0.4, 0.5) is 0 Å². The largest absolute Gasteiger partial charge is 0.870 e. The summed E-state index contributed by atoms with van der Waals surface area (Å²) in [5, 5.41) is 0. The molecule has 0 saturated carbocycles. The van der Waals surface area contributed by atoms with E-state index in [2.05, 4.69) is 0 Å². The minimum atomic E-state index is 0. The summed E-state index contributed by atoms with van der Waals surface area (Å²) in [5.41, 5.74) is 0. The average Bonchev–Trinajstić information content (AvgIpc) is 1.92. The fraction of sp³-hybridized carbons (Fsp3) is 1.00. The van der Waals surface area contributed by atoms with E-state index in [0.29, 0.717) is 0 Å². The Morgan fingerprint density at radius 3 is 0.800 bits per heavy atom. The SMILES string of the molecule is C1C[NH+]2CC[NH+]1CC2.[OH-].[OH-]. The molecule has 4 nitrogen and oxygen atoms in total. The lowest BCUT2D eigenvalue weighted by molar-refractivity contribution is -1.06. The molecule has 0 aromatic carbocycles. The molecule has 3 fully saturated rings. The predicted molar refractivity (Wildman–Crippen MR) is 35.0 cm³/mol. The molecule has 3 heterocycles. The van der Waals surface area contributed by atoms with Crippen LogP contribution >= 0.6 is 0 Å². The molecule has 62 valence electrons. The third kappa shape index (κ3) is 1.67. The van der Waals surface area contributed by atoms with Gasteiger partial charge in [0.25, 0.3) is 0 Å². The van der Waals surface area contributed by atoms with Gasteiger partial charge in [-0.3, -0.25) is 0 Å². The minimum Gasteiger partial charge on any atom is -0.870 e. The zero-order chi connectivity index (χ0) is 5.40. The molecule has 4 N–H and O–H groups in total. The molecule has 0 atom stereocenters. The molecule has 0 amide bonds. The highest BCUT2D eigenvalue weighted by Gasteiger charge is 2.29. The van der Waals surface area contributed by atoms with Crippen LogP contribution in [0.2, 0.25) is 0 Å². The van der Waals surface area contributed by atoms with Crippen molar-refractivity contribution in [2.45, 2.75) is 0 Å². The molecular weight excluding hydrogens is 132 g/mol. The first-order valence-corrected chi connectivity index (χ1v) is 3.62. The van der Waals surface area contributed by atoms with Gasteiger partial charge in [0.05, 0.1) is 0 Å². The first kappa shape index (κ1) is 9.84. The van der Waals surface area contributed by atoms with Crippen molar-refractivity contribution in [3.05, 3.63) is 0 Å². The fourth-order valence-electron chi connectivity index (χ4n) is 1.81. The highest BCUT2D eigenvalue weighted by atomic mass is 16.0. The Hall–Kier alpha value is -0.160. The van der Waals surface area contributed by atoms with Crippen molar-refractivity contribution in [2.24, 2.45) is 0 Å². The van der Waals surface area contributed by atoms with Crippen LogP contribution in [0.15, 0.2) is 0 Å². The maximum absolute atomic E-state index is 1.85. The third-order valence-corrected chi connectivity index (χ3v) is 2.50. The topological polar surface area (TPSA) is 68.9 Å². The maximum Gasteiger partial charge on any atom is 0.127 e. The van der Waals surface area contributed by atoms with Crippen LogP contribution in [0.1, 0.15) is 0 Å². The molecule has 0 spiro atoms. The van der Waals surface area contributed by atoms with Crippen LogP contribution in [0.25, 0.3) is 0 Å². The highest BCUT2D eigenvalue weighted by molar-refractivity contribution is 4.43. The number of hydrogen-bond donors (Lipinski definition) is 2. The Kier molecular flexibility index (Phi) is 3.81. The van der Waals surface area contributed by atoms with Crippen LogP contribution in [0.5, 0.6) is 0 Å². The molecule has 0 aromatic heterocycles. The molecule has 3 aliphatic rings. The summed E-state index contributed by atoms with van der Waals surface area (Å²) in [6.45, 7) is 8.64. The van der Waals surface area contributed by atoms with Crippen LogP contribution in [0, 0.1) is 0 Å². The number of nitrogens with one attached hydrogen (secondary N) is 2. The van der Waals surface area contributed by atoms with E-state index in [4.69, 9.17) is 0 Å². The van der Waals surface area contributed by atoms with Crippen molar-refractivity contribution in [2.75, 3.05) is 39.3 Å². The fourth-order valence-corrected chi connectivity index (χ4v) is 1.81. The molecule has 3 rings (SSSR count). The molecule has 3 aliphatic heterocycles. The van der Waals surface area contributed by atoms with Gasteiger partial charge in [0, 0.05) is 0 Å². The molecule has 0 unspecified atom stereocenters. The smallest absolute Gasteiger partial charge is 0.127 e. The van der Waals surface area contributed by atoms with E-state index in [0.717, 1.165) is 0 Å². The van der Waals surface area contributed by atoms with Gasteiger partial charge in [-0.1, -0.05) is 0 Å². The Balaban J connectivity index is 0.000000405. The Bertz CT molecular complexity index is 68.7. The van der Waals surface area contributed by atoms with E-state index < -0.39 is 0 Å². The van der Waals surface area contributed by atoms with Crippen LogP contribution in [-0.4, -0.2) is 50.2 Å². The van der Waals surface area contributed by atoms with Crippen molar-refractivity contribution >= 4 is 0 Å². The Morgan fingerprint density at radius 2 is 0.700 bits per heavy atom. The van der Waals surface area contributed by atoms with Gasteiger partial charge in [0.1, 0.15) is 39.3 Å². The average molecular weight is 148 g/mol. The van der Waals surface area contributed by atoms with E-state index in [9.17, 15) is 0 Å². The number of piperazine rings is 3. The zero-order valence-electron chi connectivity index (χ0n) is 6.14. The maximum atomic E-state index is 1.85. The summed E-state index contributed by atoms with van der Waals surface area (Å²) in [4.78, 5) is 3.69. The van der Waals surface area contributed by atoms with Crippen molar-refractivity contribution in [3.8, 4) is 0 Å². The van der Waals surface area contributed by atoms with Crippen molar-refractivity contribution < 1.29 is 20.8 Å². The molecule has 4 heteroatoms. The van der Waals surface area contributed by atoms with E-state index in [1.54, 1.807) is 0 Å². The number of quaternary nitrogens is 2. The summed E-state index contributed by atoms with van der Waals surface area (Å²) in [6, 6.07) is 0. The van der Waals surface area contributed by atoms with Gasteiger partial charge in [0.15, 0.2) is 0 Å². The Morgan fingerprint density at radius 1 is 0.500 bits per heavy atom. The van der Waals surface area contributed by atoms with E-state index >= 15 is 0 Å². The highest BCUT2D eigenvalue weighted by Crippen LogP contribution is 1.64. The van der Waals surface area contributed by atoms with Crippen molar-refractivity contribution in [3.63, 3.8) is 0 Å². The van der Waals surface area contributed by atoms with E-state index in [-0.39, 0.29) is 11.0 Å². The summed E-state index contributed by atoms with van der Waals surface area (Å²) in [6.07, 6.45) is 0. The summed E-state index contributed by atoms with van der Waals surface area (Å²) in [7, 11) is 0. The molecular formula is C6H16N2O2. The minimum absolute atomic E-state index is 0. The van der Waals surface area contributed by atoms with Gasteiger partial charge in [0.2, 0.25) is 0 Å². The van der Waals surface area contributed by atoms with Crippen molar-refractivity contribution in [1.29, 1.82) is 0 Å². The zero-order valence-corrected chi connectivity index (χ0v) is 6.14. The second-order valence-electron chi connectivity index (χ2n) is 3.00. The van der Waals surface area contributed by atoms with Crippen molar-refractivity contribution in [1.82, 2.24) is 0 Å². The van der Waals surface area contributed by atoms with E-state index in [1.165, 1.54) is 39.3 Å². The Labute approximate surface area is 61.0 Å². The third-order valence-electron chi connectivity index (χ3n) is 2.50. The molecule has 3 saturated heterocycles. The quantitative estimate of drug-likeness (QED) is 0.373. The first-order chi connectivity index (χ1) is 3.95. The molecule has 10 heavy (non-hydrogen) atoms. The van der Waals surface area contributed by atoms with Crippen LogP contribution < -0.4 is 9.80 Å². The van der Waals surface area contributed by atoms with Gasteiger partial charge in [-0.05, 0) is 0 Å². The first-order valence-electron chi connectivity index (χ1n) is 3.62. The molecule has 0 radical (unpaired) electrons. The standard InChI is InChI=1S/C6H12N2.2H2O/c1-2-8-5-3-7(1)4-6-8;;/h1-6H2;2*1H2. The van der Waals surface area contributed by atoms with E-state index in [1.807, 2.05) is 9.80 Å². The lowest BCUT2D eigenvalue weighted by atomic mass is 10.2. The van der Waals surface area contributed by atoms with Gasteiger partial charge in [-0.15, -0.1) is 0 Å². The molecule has 0 aliphatic carbocycles. The molecule has 2 bridgehead atoms. The van der Waals surface area contributed by atoms with Gasteiger partial charge < -0.3 is 20.8 Å². The van der Waals surface area contributed by atoms with Gasteiger partial charge >= 0.3 is 0 Å². The lowest BCUT2D eigenvalue weighted by Gasteiger charge is -2.35. The monoisotopic (exact) mass is 148 g/mol. The number of fused-ring (bicyclic) bond motifs is 3.